The zero-order valence-corrected chi connectivity index (χ0v) is 15.1. The lowest BCUT2D eigenvalue weighted by Gasteiger charge is -2.05. The summed E-state index contributed by atoms with van der Waals surface area (Å²) in [5.41, 5.74) is 3.13. The molecule has 0 saturated carbocycles. The van der Waals surface area contributed by atoms with Crippen molar-refractivity contribution in [3.05, 3.63) is 35.2 Å². The fraction of sp³-hybridized carbons (Fsp3) is 0.312. The van der Waals surface area contributed by atoms with Crippen LogP contribution in [0.2, 0.25) is 0 Å². The van der Waals surface area contributed by atoms with Crippen LogP contribution in [0, 0.1) is 6.92 Å². The number of rotatable bonds is 7. The Kier molecular flexibility index (Phi) is 7.23. The van der Waals surface area contributed by atoms with Crippen molar-refractivity contribution in [1.29, 1.82) is 0 Å². The summed E-state index contributed by atoms with van der Waals surface area (Å²) in [7, 11) is 1.54. The van der Waals surface area contributed by atoms with Crippen LogP contribution < -0.4 is 10.6 Å². The first-order valence-corrected chi connectivity index (χ1v) is 9.17. The number of aromatic nitrogens is 1. The molecule has 24 heavy (non-hydrogen) atoms. The third kappa shape index (κ3) is 5.95. The maximum Gasteiger partial charge on any atom is 0.321 e. The highest BCUT2D eigenvalue weighted by Gasteiger charge is 2.10. The van der Waals surface area contributed by atoms with E-state index >= 15 is 0 Å². The van der Waals surface area contributed by atoms with Crippen LogP contribution in [-0.2, 0) is 9.53 Å². The summed E-state index contributed by atoms with van der Waals surface area (Å²) >= 11 is 2.79. The Balaban J connectivity index is 1.79. The number of carbonyl (C=O) groups is 2. The van der Waals surface area contributed by atoms with Gasteiger partial charge in [-0.05, 0) is 6.92 Å². The van der Waals surface area contributed by atoms with E-state index in [9.17, 15) is 9.59 Å². The highest BCUT2D eigenvalue weighted by Crippen LogP contribution is 2.28. The van der Waals surface area contributed by atoms with Gasteiger partial charge in [0.1, 0.15) is 0 Å². The largest absolute Gasteiger partial charge is 0.383 e. The van der Waals surface area contributed by atoms with Crippen LogP contribution in [0.15, 0.2) is 34.0 Å². The van der Waals surface area contributed by atoms with Gasteiger partial charge in [-0.3, -0.25) is 10.1 Å². The molecule has 1 heterocycles. The number of carbonyl (C=O) groups excluding carboxylic acids is 2. The summed E-state index contributed by atoms with van der Waals surface area (Å²) in [6.07, 6.45) is 0. The van der Waals surface area contributed by atoms with Crippen LogP contribution in [-0.4, -0.2) is 42.9 Å². The van der Waals surface area contributed by atoms with Crippen molar-refractivity contribution in [3.8, 4) is 11.3 Å². The third-order valence-electron chi connectivity index (χ3n) is 3.00. The second-order valence-corrected chi connectivity index (χ2v) is 7.03. The van der Waals surface area contributed by atoms with Crippen molar-refractivity contribution in [2.75, 3.05) is 26.0 Å². The van der Waals surface area contributed by atoms with E-state index in [1.54, 1.807) is 7.11 Å². The Morgan fingerprint density at radius 2 is 2.04 bits per heavy atom. The maximum absolute atomic E-state index is 11.7. The molecule has 2 rings (SSSR count). The number of imide groups is 1. The van der Waals surface area contributed by atoms with Gasteiger partial charge in [0, 0.05) is 24.6 Å². The molecule has 0 bridgehead atoms. The van der Waals surface area contributed by atoms with Crippen molar-refractivity contribution in [2.45, 2.75) is 11.3 Å². The maximum atomic E-state index is 11.7. The third-order valence-corrected chi connectivity index (χ3v) is 5.02. The van der Waals surface area contributed by atoms with Gasteiger partial charge in [-0.2, -0.15) is 0 Å². The van der Waals surface area contributed by atoms with Gasteiger partial charge in [0.2, 0.25) is 5.91 Å². The molecule has 1 aromatic heterocycles. The van der Waals surface area contributed by atoms with Gasteiger partial charge in [-0.1, -0.05) is 41.6 Å². The molecule has 0 saturated heterocycles. The number of nitrogens with one attached hydrogen (secondary N) is 2. The standard InChI is InChI=1S/C16H19N3O3S2/c1-11-3-5-12(6-4-11)13-9-23-16(18-13)24-10-14(20)19-15(21)17-7-8-22-2/h3-6,9H,7-8,10H2,1-2H3,(H2,17,19,20,21). The van der Waals surface area contributed by atoms with E-state index in [0.29, 0.717) is 13.2 Å². The molecule has 0 radical (unpaired) electrons. The molecule has 0 spiro atoms. The van der Waals surface area contributed by atoms with Crippen LogP contribution in [0.5, 0.6) is 0 Å². The first-order chi connectivity index (χ1) is 11.6. The molecule has 6 nitrogen and oxygen atoms in total. The molecule has 0 unspecified atom stereocenters. The molecular weight excluding hydrogens is 346 g/mol. The summed E-state index contributed by atoms with van der Waals surface area (Å²) in [5, 5.41) is 6.75. The molecule has 3 amide bonds. The summed E-state index contributed by atoms with van der Waals surface area (Å²) in [6.45, 7) is 2.79. The van der Waals surface area contributed by atoms with Crippen LogP contribution >= 0.6 is 23.1 Å². The summed E-state index contributed by atoms with van der Waals surface area (Å²) in [4.78, 5) is 27.7. The lowest BCUT2D eigenvalue weighted by atomic mass is 10.1. The van der Waals surface area contributed by atoms with E-state index in [1.807, 2.05) is 36.6 Å². The molecule has 8 heteroatoms. The number of amides is 3. The Morgan fingerprint density at radius 3 is 2.75 bits per heavy atom. The van der Waals surface area contributed by atoms with Gasteiger partial charge in [-0.15, -0.1) is 11.3 Å². The second kappa shape index (κ2) is 9.41. The summed E-state index contributed by atoms with van der Waals surface area (Å²) < 4.78 is 5.60. The van der Waals surface area contributed by atoms with E-state index in [4.69, 9.17) is 4.74 Å². The van der Waals surface area contributed by atoms with Crippen molar-refractivity contribution in [1.82, 2.24) is 15.6 Å². The fourth-order valence-corrected chi connectivity index (χ4v) is 3.42. The summed E-state index contributed by atoms with van der Waals surface area (Å²) in [6, 6.07) is 7.61. The monoisotopic (exact) mass is 365 g/mol. The number of ether oxygens (including phenoxy) is 1. The first kappa shape index (κ1) is 18.4. The lowest BCUT2D eigenvalue weighted by Crippen LogP contribution is -2.41. The van der Waals surface area contributed by atoms with Gasteiger partial charge in [0.25, 0.3) is 0 Å². The average Bonchev–Trinajstić information content (AvgIpc) is 3.03. The van der Waals surface area contributed by atoms with E-state index < -0.39 is 6.03 Å². The van der Waals surface area contributed by atoms with Crippen LogP contribution in [0.1, 0.15) is 5.56 Å². The molecule has 1 aromatic carbocycles. The van der Waals surface area contributed by atoms with Crippen LogP contribution in [0.4, 0.5) is 4.79 Å². The Bertz CT molecular complexity index is 686. The number of benzene rings is 1. The van der Waals surface area contributed by atoms with Crippen LogP contribution in [0.25, 0.3) is 11.3 Å². The molecule has 0 aliphatic carbocycles. The molecule has 2 aromatic rings. The number of thiazole rings is 1. The molecule has 0 atom stereocenters. The highest BCUT2D eigenvalue weighted by molar-refractivity contribution is 8.01. The SMILES string of the molecule is COCCNC(=O)NC(=O)CSc1nc(-c2ccc(C)cc2)cs1. The fourth-order valence-electron chi connectivity index (χ4n) is 1.78. The number of nitrogens with zero attached hydrogens (tertiary/aromatic N) is 1. The summed E-state index contributed by atoms with van der Waals surface area (Å²) in [5.74, 6) is -0.222. The first-order valence-electron chi connectivity index (χ1n) is 7.30. The van der Waals surface area contributed by atoms with Crippen molar-refractivity contribution < 1.29 is 14.3 Å². The minimum Gasteiger partial charge on any atom is -0.383 e. The van der Waals surface area contributed by atoms with Gasteiger partial charge in [0.15, 0.2) is 4.34 Å². The van der Waals surface area contributed by atoms with E-state index in [-0.39, 0.29) is 11.7 Å². The predicted octanol–water partition coefficient (Wildman–Crippen LogP) is 2.68. The normalized spacial score (nSPS) is 10.4. The lowest BCUT2D eigenvalue weighted by molar-refractivity contribution is -0.117. The van der Waals surface area contributed by atoms with E-state index in [1.165, 1.54) is 28.7 Å². The van der Waals surface area contributed by atoms with E-state index in [2.05, 4.69) is 15.6 Å². The number of aryl methyl sites for hydroxylation is 1. The number of thioether (sulfide) groups is 1. The zero-order valence-electron chi connectivity index (χ0n) is 13.5. The molecule has 0 fully saturated rings. The highest BCUT2D eigenvalue weighted by atomic mass is 32.2. The minimum absolute atomic E-state index is 0.137. The molecule has 0 aliphatic heterocycles. The zero-order chi connectivity index (χ0) is 17.4. The Labute approximate surface area is 149 Å². The number of urea groups is 1. The van der Waals surface area contributed by atoms with E-state index in [0.717, 1.165) is 15.6 Å². The van der Waals surface area contributed by atoms with Gasteiger partial charge >= 0.3 is 6.03 Å². The quantitative estimate of drug-likeness (QED) is 0.582. The number of hydrogen-bond donors (Lipinski definition) is 2. The van der Waals surface area contributed by atoms with Crippen LogP contribution in [0.3, 0.4) is 0 Å². The molecule has 0 aliphatic rings. The predicted molar refractivity (Wildman–Crippen MR) is 96.4 cm³/mol. The molecule has 128 valence electrons. The average molecular weight is 365 g/mol. The van der Waals surface area contributed by atoms with Gasteiger partial charge in [-0.25, -0.2) is 9.78 Å². The van der Waals surface area contributed by atoms with Crippen molar-refractivity contribution in [3.63, 3.8) is 0 Å². The van der Waals surface area contributed by atoms with Gasteiger partial charge in [0.05, 0.1) is 18.1 Å². The Morgan fingerprint density at radius 1 is 1.29 bits per heavy atom. The second-order valence-electron chi connectivity index (χ2n) is 4.95. The number of hydrogen-bond acceptors (Lipinski definition) is 6. The topological polar surface area (TPSA) is 80.3 Å². The van der Waals surface area contributed by atoms with Gasteiger partial charge < -0.3 is 10.1 Å². The number of methoxy groups -OCH3 is 1. The smallest absolute Gasteiger partial charge is 0.321 e. The molecular formula is C16H19N3O3S2. The Hall–Kier alpha value is -1.90. The minimum atomic E-state index is -0.517. The molecule has 2 N–H and O–H groups in total. The van der Waals surface area contributed by atoms with Crippen molar-refractivity contribution in [2.24, 2.45) is 0 Å². The van der Waals surface area contributed by atoms with Crippen molar-refractivity contribution >= 4 is 35.0 Å².